The molecule has 0 saturated carbocycles. The Labute approximate surface area is 124 Å². The Kier molecular flexibility index (Phi) is 4.25. The van der Waals surface area contributed by atoms with Gasteiger partial charge in [-0.05, 0) is 6.07 Å². The molecule has 0 bridgehead atoms. The molecule has 2 aromatic heterocycles. The van der Waals surface area contributed by atoms with Crippen molar-refractivity contribution in [2.75, 3.05) is 12.4 Å². The highest BCUT2D eigenvalue weighted by Gasteiger charge is 2.25. The fourth-order valence-electron chi connectivity index (χ4n) is 1.62. The second-order valence-corrected chi connectivity index (χ2v) is 7.10. The third-order valence-electron chi connectivity index (χ3n) is 2.74. The number of nitrogens with zero attached hydrogens (tertiary/aromatic N) is 3. The van der Waals surface area contributed by atoms with Crippen LogP contribution in [-0.4, -0.2) is 30.2 Å². The molecule has 2 rings (SSSR count). The summed E-state index contributed by atoms with van der Waals surface area (Å²) in [6, 6.07) is 2.72. The van der Waals surface area contributed by atoms with Crippen molar-refractivity contribution in [1.29, 1.82) is 0 Å². The topological polar surface area (TPSA) is 119 Å². The van der Waals surface area contributed by atoms with Crippen LogP contribution in [0, 0.1) is 10.1 Å². The van der Waals surface area contributed by atoms with Gasteiger partial charge in [0.2, 0.25) is 0 Å². The van der Waals surface area contributed by atoms with E-state index < -0.39 is 14.9 Å². The van der Waals surface area contributed by atoms with Crippen LogP contribution in [0.2, 0.25) is 0 Å². The molecule has 0 atom stereocenters. The Morgan fingerprint density at radius 3 is 2.71 bits per heavy atom. The molecular weight excluding hydrogens is 318 g/mol. The van der Waals surface area contributed by atoms with Crippen molar-refractivity contribution in [3.8, 4) is 0 Å². The van der Waals surface area contributed by atoms with Crippen molar-refractivity contribution in [2.45, 2.75) is 10.8 Å². The summed E-state index contributed by atoms with van der Waals surface area (Å²) in [4.78, 5) is 10.2. The van der Waals surface area contributed by atoms with Gasteiger partial charge in [-0.1, -0.05) is 11.3 Å². The molecule has 0 saturated heterocycles. The van der Waals surface area contributed by atoms with E-state index in [1.165, 1.54) is 7.05 Å². The van der Waals surface area contributed by atoms with Gasteiger partial charge in [0, 0.05) is 26.4 Å². The zero-order chi connectivity index (χ0) is 15.6. The Hall–Kier alpha value is -1.98. The number of aryl methyl sites for hydroxylation is 1. The Balaban J connectivity index is 2.23. The molecule has 0 spiro atoms. The first-order chi connectivity index (χ1) is 9.85. The number of nitrogens with one attached hydrogen (secondary N) is 2. The highest BCUT2D eigenvalue weighted by molar-refractivity contribution is 7.91. The van der Waals surface area contributed by atoms with Crippen molar-refractivity contribution >= 4 is 32.0 Å². The molecule has 0 aliphatic carbocycles. The summed E-state index contributed by atoms with van der Waals surface area (Å²) in [6.07, 6.45) is 1.55. The quantitative estimate of drug-likeness (QED) is 0.600. The van der Waals surface area contributed by atoms with E-state index in [1.54, 1.807) is 24.0 Å². The molecule has 0 fully saturated rings. The number of hydrogen-bond donors (Lipinski definition) is 2. The lowest BCUT2D eigenvalue weighted by atomic mass is 10.4. The average molecular weight is 331 g/mol. The van der Waals surface area contributed by atoms with Crippen LogP contribution in [-0.2, 0) is 23.6 Å². The first kappa shape index (κ1) is 15.4. The molecule has 0 radical (unpaired) electrons. The second-order valence-electron chi connectivity index (χ2n) is 4.06. The van der Waals surface area contributed by atoms with E-state index in [4.69, 9.17) is 0 Å². The summed E-state index contributed by atoms with van der Waals surface area (Å²) in [5.74, 6) is 0. The number of rotatable bonds is 6. The maximum Gasteiger partial charge on any atom is 0.304 e. The van der Waals surface area contributed by atoms with Crippen molar-refractivity contribution in [3.05, 3.63) is 34.1 Å². The lowest BCUT2D eigenvalue weighted by Crippen LogP contribution is -2.23. The highest BCUT2D eigenvalue weighted by Crippen LogP contribution is 2.36. The van der Waals surface area contributed by atoms with Gasteiger partial charge in [0.25, 0.3) is 10.0 Å². The van der Waals surface area contributed by atoms with Crippen LogP contribution < -0.4 is 10.0 Å². The molecule has 0 aliphatic heterocycles. The zero-order valence-electron chi connectivity index (χ0n) is 11.2. The fraction of sp³-hybridized carbons (Fsp3) is 0.300. The number of sulfonamides is 1. The Morgan fingerprint density at radius 1 is 1.52 bits per heavy atom. The number of aromatic nitrogens is 2. The van der Waals surface area contributed by atoms with Crippen LogP contribution in [0.3, 0.4) is 0 Å². The molecule has 0 unspecified atom stereocenters. The SMILES string of the molecule is CNc1sc(S(=O)(=O)NCc2ccnn2C)cc1[N+](=O)[O-]. The molecule has 0 aromatic carbocycles. The van der Waals surface area contributed by atoms with Crippen LogP contribution in [0.15, 0.2) is 22.5 Å². The summed E-state index contributed by atoms with van der Waals surface area (Å²) in [5.41, 5.74) is 0.418. The largest absolute Gasteiger partial charge is 0.374 e. The van der Waals surface area contributed by atoms with Gasteiger partial charge in [-0.15, -0.1) is 0 Å². The molecule has 11 heteroatoms. The van der Waals surface area contributed by atoms with Crippen LogP contribution in [0.5, 0.6) is 0 Å². The van der Waals surface area contributed by atoms with Gasteiger partial charge in [0.15, 0.2) is 5.00 Å². The number of anilines is 1. The van der Waals surface area contributed by atoms with Gasteiger partial charge < -0.3 is 5.32 Å². The van der Waals surface area contributed by atoms with E-state index in [-0.39, 0.29) is 21.4 Å². The van der Waals surface area contributed by atoms with Gasteiger partial charge in [-0.25, -0.2) is 13.1 Å². The van der Waals surface area contributed by atoms with Gasteiger partial charge in [0.1, 0.15) is 4.21 Å². The van der Waals surface area contributed by atoms with Crippen LogP contribution in [0.25, 0.3) is 0 Å². The fourth-order valence-corrected chi connectivity index (χ4v) is 3.95. The Morgan fingerprint density at radius 2 is 2.24 bits per heavy atom. The van der Waals surface area contributed by atoms with E-state index in [0.29, 0.717) is 5.69 Å². The van der Waals surface area contributed by atoms with E-state index >= 15 is 0 Å². The van der Waals surface area contributed by atoms with E-state index in [2.05, 4.69) is 15.1 Å². The summed E-state index contributed by atoms with van der Waals surface area (Å²) in [7, 11) is -0.624. The summed E-state index contributed by atoms with van der Waals surface area (Å²) < 4.78 is 28.1. The van der Waals surface area contributed by atoms with E-state index in [1.807, 2.05) is 0 Å². The van der Waals surface area contributed by atoms with E-state index in [0.717, 1.165) is 17.4 Å². The minimum Gasteiger partial charge on any atom is -0.374 e. The summed E-state index contributed by atoms with van der Waals surface area (Å²) >= 11 is 0.811. The monoisotopic (exact) mass is 331 g/mol. The third-order valence-corrected chi connectivity index (χ3v) is 5.76. The van der Waals surface area contributed by atoms with Crippen molar-refractivity contribution in [2.24, 2.45) is 7.05 Å². The summed E-state index contributed by atoms with van der Waals surface area (Å²) in [6.45, 7) is 0.0550. The van der Waals surface area contributed by atoms with Crippen LogP contribution >= 0.6 is 11.3 Å². The van der Waals surface area contributed by atoms with Crippen molar-refractivity contribution in [3.63, 3.8) is 0 Å². The molecule has 0 amide bonds. The van der Waals surface area contributed by atoms with Crippen LogP contribution in [0.4, 0.5) is 10.7 Å². The lowest BCUT2D eigenvalue weighted by molar-refractivity contribution is -0.383. The first-order valence-corrected chi connectivity index (χ1v) is 8.07. The van der Waals surface area contributed by atoms with Gasteiger partial charge in [0.05, 0.1) is 17.2 Å². The molecule has 21 heavy (non-hydrogen) atoms. The predicted octanol–water partition coefficient (Wildman–Crippen LogP) is 0.910. The zero-order valence-corrected chi connectivity index (χ0v) is 12.9. The van der Waals surface area contributed by atoms with Crippen molar-refractivity contribution < 1.29 is 13.3 Å². The van der Waals surface area contributed by atoms with E-state index in [9.17, 15) is 18.5 Å². The smallest absolute Gasteiger partial charge is 0.304 e. The third kappa shape index (κ3) is 3.20. The normalized spacial score (nSPS) is 11.5. The molecular formula is C10H13N5O4S2. The lowest BCUT2D eigenvalue weighted by Gasteiger charge is -2.04. The molecule has 9 nitrogen and oxygen atoms in total. The van der Waals surface area contributed by atoms with Gasteiger partial charge in [-0.2, -0.15) is 5.10 Å². The van der Waals surface area contributed by atoms with Crippen LogP contribution in [0.1, 0.15) is 5.69 Å². The first-order valence-electron chi connectivity index (χ1n) is 5.77. The number of nitro groups is 1. The minimum atomic E-state index is -3.82. The van der Waals surface area contributed by atoms with Crippen molar-refractivity contribution in [1.82, 2.24) is 14.5 Å². The summed E-state index contributed by atoms with van der Waals surface area (Å²) in [5, 5.41) is 17.6. The predicted molar refractivity (Wildman–Crippen MR) is 77.8 cm³/mol. The molecule has 114 valence electrons. The average Bonchev–Trinajstić information content (AvgIpc) is 3.02. The van der Waals surface area contributed by atoms with Gasteiger partial charge >= 0.3 is 5.69 Å². The minimum absolute atomic E-state index is 0.0550. The second kappa shape index (κ2) is 5.79. The standard InChI is InChI=1S/C10H13N5O4S2/c1-11-10-8(15(16)17)5-9(20-10)21(18,19)13-6-7-3-4-12-14(7)2/h3-5,11,13H,6H2,1-2H3. The highest BCUT2D eigenvalue weighted by atomic mass is 32.2. The Bertz CT molecular complexity index is 764. The maximum absolute atomic E-state index is 12.2. The molecule has 0 aliphatic rings. The van der Waals surface area contributed by atoms with Gasteiger partial charge in [-0.3, -0.25) is 14.8 Å². The number of hydrogen-bond acceptors (Lipinski definition) is 7. The molecule has 2 aromatic rings. The number of thiophene rings is 1. The maximum atomic E-state index is 12.2. The molecule has 2 N–H and O–H groups in total. The molecule has 2 heterocycles.